The average molecular weight is 600 g/mol. The van der Waals surface area contributed by atoms with Crippen LogP contribution < -0.4 is 4.90 Å². The third kappa shape index (κ3) is 4.17. The molecule has 0 atom stereocenters. The van der Waals surface area contributed by atoms with Crippen LogP contribution in [0.3, 0.4) is 0 Å². The van der Waals surface area contributed by atoms with Crippen LogP contribution in [0.1, 0.15) is 27.8 Å². The van der Waals surface area contributed by atoms with Crippen LogP contribution in [-0.4, -0.2) is 0 Å². The van der Waals surface area contributed by atoms with E-state index in [4.69, 9.17) is 0 Å². The molecule has 8 aromatic rings. The van der Waals surface area contributed by atoms with Gasteiger partial charge in [0.25, 0.3) is 0 Å². The van der Waals surface area contributed by atoms with E-state index in [1.807, 2.05) is 0 Å². The van der Waals surface area contributed by atoms with Gasteiger partial charge in [-0.05, 0) is 86.8 Å². The van der Waals surface area contributed by atoms with E-state index in [9.17, 15) is 0 Å². The summed E-state index contributed by atoms with van der Waals surface area (Å²) in [6, 6.07) is 67.0. The van der Waals surface area contributed by atoms with Gasteiger partial charge in [0.2, 0.25) is 0 Å². The van der Waals surface area contributed by atoms with Crippen LogP contribution in [-0.2, 0) is 5.41 Å². The predicted octanol–water partition coefficient (Wildman–Crippen LogP) is 12.1. The number of hydrogen-bond acceptors (Lipinski definition) is 1. The fourth-order valence-electron chi connectivity index (χ4n) is 7.92. The van der Waals surface area contributed by atoms with Crippen molar-refractivity contribution in [3.8, 4) is 11.1 Å². The lowest BCUT2D eigenvalue weighted by Gasteiger charge is -2.35. The van der Waals surface area contributed by atoms with E-state index in [0.717, 1.165) is 11.4 Å². The van der Waals surface area contributed by atoms with Crippen molar-refractivity contribution < 1.29 is 0 Å². The summed E-state index contributed by atoms with van der Waals surface area (Å²) in [6.07, 6.45) is 0. The molecule has 9 rings (SSSR count). The van der Waals surface area contributed by atoms with Crippen LogP contribution in [0.5, 0.6) is 0 Å². The summed E-state index contributed by atoms with van der Waals surface area (Å²) in [5, 5.41) is 4.99. The molecule has 1 aliphatic rings. The first-order valence-corrected chi connectivity index (χ1v) is 16.4. The first-order chi connectivity index (χ1) is 23.2. The van der Waals surface area contributed by atoms with Crippen LogP contribution >= 0.6 is 0 Å². The molecule has 1 heteroatoms. The SMILES string of the molecule is Cc1ccc(N(c2ccc3c(c2)C(c2ccccc2)(c2ccccc2)c2ccccc2-3)c2cccc3ccc4ccccc4c23)cc1. The summed E-state index contributed by atoms with van der Waals surface area (Å²) in [6.45, 7) is 2.15. The highest BCUT2D eigenvalue weighted by molar-refractivity contribution is 6.15. The molecular weight excluding hydrogens is 567 g/mol. The van der Waals surface area contributed by atoms with Gasteiger partial charge in [0.15, 0.2) is 0 Å². The number of benzene rings is 8. The maximum absolute atomic E-state index is 2.46. The van der Waals surface area contributed by atoms with Gasteiger partial charge in [-0.25, -0.2) is 0 Å². The van der Waals surface area contributed by atoms with Crippen molar-refractivity contribution in [2.45, 2.75) is 12.3 Å². The van der Waals surface area contributed by atoms with Crippen molar-refractivity contribution in [2.75, 3.05) is 4.90 Å². The van der Waals surface area contributed by atoms with Gasteiger partial charge in [-0.1, -0.05) is 157 Å². The van der Waals surface area contributed by atoms with Crippen LogP contribution in [0.4, 0.5) is 17.1 Å². The number of rotatable bonds is 5. The summed E-state index contributed by atoms with van der Waals surface area (Å²) in [5.74, 6) is 0. The second-order valence-corrected chi connectivity index (χ2v) is 12.6. The molecule has 47 heavy (non-hydrogen) atoms. The quantitative estimate of drug-likeness (QED) is 0.178. The standard InChI is InChI=1S/C46H33N/c1-32-23-27-37(28-24-32)47(44-22-12-14-34-26-25-33-13-8-9-19-39(33)45(34)44)38-29-30-41-40-20-10-11-21-42(40)46(43(41)31-38,35-15-4-2-5-16-35)36-17-6-3-7-18-36/h2-31H,1H3. The third-order valence-electron chi connectivity index (χ3n) is 9.98. The Labute approximate surface area is 276 Å². The second kappa shape index (κ2) is 10.9. The highest BCUT2D eigenvalue weighted by Gasteiger charge is 2.46. The van der Waals surface area contributed by atoms with Gasteiger partial charge >= 0.3 is 0 Å². The Kier molecular flexibility index (Phi) is 6.33. The monoisotopic (exact) mass is 599 g/mol. The number of nitrogens with zero attached hydrogens (tertiary/aromatic N) is 1. The first-order valence-electron chi connectivity index (χ1n) is 16.4. The molecule has 0 N–H and O–H groups in total. The predicted molar refractivity (Wildman–Crippen MR) is 198 cm³/mol. The highest BCUT2D eigenvalue weighted by Crippen LogP contribution is 2.57. The van der Waals surface area contributed by atoms with Crippen LogP contribution in [0.2, 0.25) is 0 Å². The van der Waals surface area contributed by atoms with E-state index >= 15 is 0 Å². The van der Waals surface area contributed by atoms with Gasteiger partial charge in [-0.3, -0.25) is 0 Å². The first kappa shape index (κ1) is 27.4. The number of anilines is 3. The molecule has 0 aromatic heterocycles. The van der Waals surface area contributed by atoms with E-state index < -0.39 is 5.41 Å². The van der Waals surface area contributed by atoms with Crippen molar-refractivity contribution in [1.29, 1.82) is 0 Å². The summed E-state index contributed by atoms with van der Waals surface area (Å²) < 4.78 is 0. The Balaban J connectivity index is 1.38. The van der Waals surface area contributed by atoms with E-state index in [1.165, 1.54) is 66.2 Å². The molecule has 0 saturated heterocycles. The van der Waals surface area contributed by atoms with Gasteiger partial charge in [0, 0.05) is 16.8 Å². The van der Waals surface area contributed by atoms with Gasteiger partial charge in [0.05, 0.1) is 11.1 Å². The third-order valence-corrected chi connectivity index (χ3v) is 9.98. The normalized spacial score (nSPS) is 13.0. The van der Waals surface area contributed by atoms with Crippen molar-refractivity contribution in [3.05, 3.63) is 210 Å². The summed E-state index contributed by atoms with van der Waals surface area (Å²) in [7, 11) is 0. The summed E-state index contributed by atoms with van der Waals surface area (Å²) in [5.41, 5.74) is 12.0. The number of hydrogen-bond donors (Lipinski definition) is 0. The van der Waals surface area contributed by atoms with Gasteiger partial charge in [-0.2, -0.15) is 0 Å². The lowest BCUT2D eigenvalue weighted by atomic mass is 9.67. The van der Waals surface area contributed by atoms with Crippen LogP contribution in [0.15, 0.2) is 182 Å². The minimum Gasteiger partial charge on any atom is -0.310 e. The Hall–Kier alpha value is -5.92. The Morgan fingerprint density at radius 2 is 1.02 bits per heavy atom. The molecule has 0 bridgehead atoms. The van der Waals surface area contributed by atoms with E-state index in [2.05, 4.69) is 194 Å². The zero-order valence-corrected chi connectivity index (χ0v) is 26.3. The molecule has 0 amide bonds. The van der Waals surface area contributed by atoms with E-state index in [1.54, 1.807) is 0 Å². The molecule has 0 heterocycles. The largest absolute Gasteiger partial charge is 0.310 e. The van der Waals surface area contributed by atoms with Crippen LogP contribution in [0, 0.1) is 6.92 Å². The zero-order valence-electron chi connectivity index (χ0n) is 26.3. The maximum Gasteiger partial charge on any atom is 0.0714 e. The lowest BCUT2D eigenvalue weighted by molar-refractivity contribution is 0.768. The molecule has 0 unspecified atom stereocenters. The number of fused-ring (bicyclic) bond motifs is 6. The fourth-order valence-corrected chi connectivity index (χ4v) is 7.92. The number of aryl methyl sites for hydroxylation is 1. The maximum atomic E-state index is 2.46. The van der Waals surface area contributed by atoms with E-state index in [-0.39, 0.29) is 0 Å². The average Bonchev–Trinajstić information content (AvgIpc) is 3.44. The molecule has 0 radical (unpaired) electrons. The lowest BCUT2D eigenvalue weighted by Crippen LogP contribution is -2.28. The van der Waals surface area contributed by atoms with Gasteiger partial charge < -0.3 is 4.90 Å². The molecule has 8 aromatic carbocycles. The molecular formula is C46H33N. The topological polar surface area (TPSA) is 3.24 Å². The summed E-state index contributed by atoms with van der Waals surface area (Å²) >= 11 is 0. The molecule has 1 aliphatic carbocycles. The molecule has 0 aliphatic heterocycles. The molecule has 0 fully saturated rings. The van der Waals surface area contributed by atoms with E-state index in [0.29, 0.717) is 0 Å². The molecule has 1 nitrogen and oxygen atoms in total. The van der Waals surface area contributed by atoms with Crippen molar-refractivity contribution in [2.24, 2.45) is 0 Å². The zero-order chi connectivity index (χ0) is 31.4. The van der Waals surface area contributed by atoms with Crippen molar-refractivity contribution >= 4 is 38.6 Å². The summed E-state index contributed by atoms with van der Waals surface area (Å²) in [4.78, 5) is 2.46. The minimum absolute atomic E-state index is 0.463. The highest BCUT2D eigenvalue weighted by atomic mass is 15.1. The van der Waals surface area contributed by atoms with Crippen molar-refractivity contribution in [1.82, 2.24) is 0 Å². The van der Waals surface area contributed by atoms with Crippen molar-refractivity contribution in [3.63, 3.8) is 0 Å². The fraction of sp³-hybridized carbons (Fsp3) is 0.0435. The molecule has 222 valence electrons. The van der Waals surface area contributed by atoms with Crippen LogP contribution in [0.25, 0.3) is 32.7 Å². The Morgan fingerprint density at radius 3 is 1.79 bits per heavy atom. The minimum atomic E-state index is -0.463. The Morgan fingerprint density at radius 1 is 0.426 bits per heavy atom. The van der Waals surface area contributed by atoms with Gasteiger partial charge in [0.1, 0.15) is 0 Å². The Bertz CT molecular complexity index is 2370. The van der Waals surface area contributed by atoms with Gasteiger partial charge in [-0.15, -0.1) is 0 Å². The smallest absolute Gasteiger partial charge is 0.0714 e. The molecule has 0 saturated carbocycles. The molecule has 0 spiro atoms. The second-order valence-electron chi connectivity index (χ2n) is 12.6.